The molecule has 0 saturated carbocycles. The van der Waals surface area contributed by atoms with Crippen LogP contribution in [0.5, 0.6) is 0 Å². The van der Waals surface area contributed by atoms with E-state index in [4.69, 9.17) is 4.98 Å². The number of rotatable bonds is 4. The molecule has 0 fully saturated rings. The number of hydrogen-bond acceptors (Lipinski definition) is 3. The quantitative estimate of drug-likeness (QED) is 0.613. The number of imidazole rings is 1. The van der Waals surface area contributed by atoms with E-state index >= 15 is 0 Å². The molecule has 23 heavy (non-hydrogen) atoms. The van der Waals surface area contributed by atoms with Gasteiger partial charge in [-0.25, -0.2) is 4.98 Å². The molecule has 112 valence electrons. The summed E-state index contributed by atoms with van der Waals surface area (Å²) in [7, 11) is 0. The van der Waals surface area contributed by atoms with Gasteiger partial charge in [-0.1, -0.05) is 42.5 Å². The van der Waals surface area contributed by atoms with E-state index < -0.39 is 0 Å². The predicted molar refractivity (Wildman–Crippen MR) is 92.8 cm³/mol. The molecule has 4 aromatic rings. The zero-order valence-corrected chi connectivity index (χ0v) is 12.6. The van der Waals surface area contributed by atoms with Gasteiger partial charge in [0.2, 0.25) is 5.95 Å². The summed E-state index contributed by atoms with van der Waals surface area (Å²) < 4.78 is 2.19. The Hall–Kier alpha value is -3.14. The number of benzene rings is 2. The zero-order chi connectivity index (χ0) is 15.5. The third-order valence-corrected chi connectivity index (χ3v) is 3.76. The molecule has 4 rings (SSSR count). The van der Waals surface area contributed by atoms with Crippen LogP contribution in [-0.4, -0.2) is 14.5 Å². The summed E-state index contributed by atoms with van der Waals surface area (Å²) in [6.07, 6.45) is 3.56. The Morgan fingerprint density at radius 1 is 0.870 bits per heavy atom. The molecular weight excluding hydrogens is 284 g/mol. The van der Waals surface area contributed by atoms with Crippen molar-refractivity contribution in [2.24, 2.45) is 0 Å². The Bertz CT molecular complexity index is 914. The van der Waals surface area contributed by atoms with Gasteiger partial charge in [-0.3, -0.25) is 4.98 Å². The summed E-state index contributed by atoms with van der Waals surface area (Å²) in [5.74, 6) is 0.822. The predicted octanol–water partition coefficient (Wildman–Crippen LogP) is 4.22. The number of para-hydroxylation sites is 2. The highest BCUT2D eigenvalue weighted by molar-refractivity contribution is 5.79. The van der Waals surface area contributed by atoms with Crippen molar-refractivity contribution in [3.05, 3.63) is 84.7 Å². The highest BCUT2D eigenvalue weighted by Gasteiger charge is 2.11. The molecule has 1 N–H and O–H groups in total. The van der Waals surface area contributed by atoms with E-state index in [1.54, 1.807) is 12.4 Å². The van der Waals surface area contributed by atoms with E-state index in [0.29, 0.717) is 0 Å². The minimum atomic E-state index is 0.768. The second-order valence-corrected chi connectivity index (χ2v) is 5.36. The van der Waals surface area contributed by atoms with Crippen LogP contribution >= 0.6 is 0 Å². The normalized spacial score (nSPS) is 10.8. The lowest BCUT2D eigenvalue weighted by Crippen LogP contribution is -2.05. The second kappa shape index (κ2) is 5.93. The van der Waals surface area contributed by atoms with Gasteiger partial charge in [0.15, 0.2) is 0 Å². The molecule has 0 atom stereocenters. The first-order chi connectivity index (χ1) is 11.4. The summed E-state index contributed by atoms with van der Waals surface area (Å²) >= 11 is 0. The van der Waals surface area contributed by atoms with Gasteiger partial charge in [0.25, 0.3) is 0 Å². The largest absolute Gasteiger partial charge is 0.324 e. The van der Waals surface area contributed by atoms with E-state index in [1.165, 1.54) is 5.56 Å². The van der Waals surface area contributed by atoms with Crippen LogP contribution in [0.3, 0.4) is 0 Å². The molecule has 0 bridgehead atoms. The third kappa shape index (κ3) is 2.79. The summed E-state index contributed by atoms with van der Waals surface area (Å²) in [5.41, 5.74) is 4.26. The fourth-order valence-electron chi connectivity index (χ4n) is 2.66. The molecule has 2 aromatic heterocycles. The number of pyridine rings is 1. The van der Waals surface area contributed by atoms with Gasteiger partial charge in [-0.05, 0) is 29.8 Å². The monoisotopic (exact) mass is 300 g/mol. The van der Waals surface area contributed by atoms with E-state index in [9.17, 15) is 0 Å². The second-order valence-electron chi connectivity index (χ2n) is 5.36. The Balaban J connectivity index is 1.78. The summed E-state index contributed by atoms with van der Waals surface area (Å²) in [5, 5.41) is 3.37. The van der Waals surface area contributed by atoms with Crippen molar-refractivity contribution < 1.29 is 0 Å². The first-order valence-electron chi connectivity index (χ1n) is 7.56. The molecule has 4 nitrogen and oxygen atoms in total. The summed E-state index contributed by atoms with van der Waals surface area (Å²) in [6, 6.07) is 22.5. The molecule has 2 aromatic carbocycles. The van der Waals surface area contributed by atoms with Crippen LogP contribution < -0.4 is 5.32 Å². The van der Waals surface area contributed by atoms with Gasteiger partial charge in [-0.15, -0.1) is 0 Å². The lowest BCUT2D eigenvalue weighted by atomic mass is 10.2. The number of nitrogens with one attached hydrogen (secondary N) is 1. The minimum absolute atomic E-state index is 0.768. The molecule has 4 heteroatoms. The molecule has 2 heterocycles. The van der Waals surface area contributed by atoms with E-state index in [-0.39, 0.29) is 0 Å². The molecule has 0 unspecified atom stereocenters. The highest BCUT2D eigenvalue weighted by atomic mass is 15.2. The van der Waals surface area contributed by atoms with Crippen molar-refractivity contribution in [2.45, 2.75) is 6.54 Å². The van der Waals surface area contributed by atoms with E-state index in [1.807, 2.05) is 36.4 Å². The molecule has 0 saturated heterocycles. The molecule has 0 aliphatic carbocycles. The Labute approximate surface area is 134 Å². The van der Waals surface area contributed by atoms with Crippen LogP contribution in [0.25, 0.3) is 11.0 Å². The average molecular weight is 300 g/mol. The Morgan fingerprint density at radius 2 is 1.70 bits per heavy atom. The number of anilines is 2. The number of nitrogens with zero attached hydrogens (tertiary/aromatic N) is 3. The third-order valence-electron chi connectivity index (χ3n) is 3.76. The summed E-state index contributed by atoms with van der Waals surface area (Å²) in [6.45, 7) is 0.768. The van der Waals surface area contributed by atoms with Crippen LogP contribution in [-0.2, 0) is 6.54 Å². The minimum Gasteiger partial charge on any atom is -0.324 e. The first kappa shape index (κ1) is 13.5. The van der Waals surface area contributed by atoms with E-state index in [0.717, 1.165) is 29.2 Å². The maximum absolute atomic E-state index is 4.73. The van der Waals surface area contributed by atoms with E-state index in [2.05, 4.69) is 45.2 Å². The molecule has 0 amide bonds. The number of hydrogen-bond donors (Lipinski definition) is 1. The van der Waals surface area contributed by atoms with Crippen molar-refractivity contribution in [2.75, 3.05) is 5.32 Å². The number of aromatic nitrogens is 3. The molecule has 0 aliphatic rings. The lowest BCUT2D eigenvalue weighted by molar-refractivity contribution is 0.835. The van der Waals surface area contributed by atoms with Crippen LogP contribution in [0.15, 0.2) is 79.1 Å². The highest BCUT2D eigenvalue weighted by Crippen LogP contribution is 2.23. The van der Waals surface area contributed by atoms with Crippen LogP contribution in [0, 0.1) is 0 Å². The van der Waals surface area contributed by atoms with Gasteiger partial charge in [-0.2, -0.15) is 0 Å². The Morgan fingerprint density at radius 3 is 2.52 bits per heavy atom. The van der Waals surface area contributed by atoms with Crippen LogP contribution in [0.2, 0.25) is 0 Å². The summed E-state index contributed by atoms with van der Waals surface area (Å²) in [4.78, 5) is 8.88. The van der Waals surface area contributed by atoms with Crippen molar-refractivity contribution in [1.82, 2.24) is 14.5 Å². The average Bonchev–Trinajstić information content (AvgIpc) is 2.94. The van der Waals surface area contributed by atoms with Gasteiger partial charge in [0.05, 0.1) is 29.5 Å². The molecular formula is C19H16N4. The topological polar surface area (TPSA) is 42.7 Å². The Kier molecular flexibility index (Phi) is 3.48. The maximum atomic E-state index is 4.73. The van der Waals surface area contributed by atoms with Gasteiger partial charge < -0.3 is 9.88 Å². The zero-order valence-electron chi connectivity index (χ0n) is 12.6. The van der Waals surface area contributed by atoms with Gasteiger partial charge >= 0.3 is 0 Å². The fraction of sp³-hybridized carbons (Fsp3) is 0.0526. The molecule has 0 spiro atoms. The van der Waals surface area contributed by atoms with Gasteiger partial charge in [0, 0.05) is 6.20 Å². The smallest absolute Gasteiger partial charge is 0.208 e. The van der Waals surface area contributed by atoms with Crippen LogP contribution in [0.1, 0.15) is 5.56 Å². The van der Waals surface area contributed by atoms with Crippen molar-refractivity contribution in [3.8, 4) is 0 Å². The first-order valence-corrected chi connectivity index (χ1v) is 7.56. The molecule has 0 aliphatic heterocycles. The molecule has 0 radical (unpaired) electrons. The maximum Gasteiger partial charge on any atom is 0.208 e. The standard InChI is InChI=1S/C19H16N4/c1-2-7-15(8-3-1)14-23-18-11-5-4-10-17(18)22-19(23)21-16-9-6-12-20-13-16/h1-13H,14H2,(H,21,22). The van der Waals surface area contributed by atoms with Crippen molar-refractivity contribution in [1.29, 1.82) is 0 Å². The number of fused-ring (bicyclic) bond motifs is 1. The van der Waals surface area contributed by atoms with Crippen molar-refractivity contribution in [3.63, 3.8) is 0 Å². The van der Waals surface area contributed by atoms with Gasteiger partial charge in [0.1, 0.15) is 0 Å². The van der Waals surface area contributed by atoms with Crippen molar-refractivity contribution >= 4 is 22.7 Å². The lowest BCUT2D eigenvalue weighted by Gasteiger charge is -2.11. The fourth-order valence-corrected chi connectivity index (χ4v) is 2.66. The SMILES string of the molecule is c1ccc(Cn2c(Nc3cccnc3)nc3ccccc32)cc1. The van der Waals surface area contributed by atoms with Crippen LogP contribution in [0.4, 0.5) is 11.6 Å².